The van der Waals surface area contributed by atoms with E-state index in [1.807, 2.05) is 0 Å². The predicted octanol–water partition coefficient (Wildman–Crippen LogP) is 3.93. The van der Waals surface area contributed by atoms with E-state index in [1.165, 1.54) is 36.4 Å². The molecule has 1 N–H and O–H groups in total. The quantitative estimate of drug-likeness (QED) is 0.844. The molecule has 4 heteroatoms. The van der Waals surface area contributed by atoms with Crippen molar-refractivity contribution in [3.05, 3.63) is 71.3 Å². The standard InChI is InChI=1S/C16H13F2NO/c1-11-2-8-15(14(18)10-11)19-16(20)9-5-12-3-6-13(17)7-4-12/h2-10H,1H3,(H,19,20)/b9-5+. The second-order valence-electron chi connectivity index (χ2n) is 4.36. The van der Waals surface area contributed by atoms with E-state index in [0.29, 0.717) is 5.56 Å². The van der Waals surface area contributed by atoms with E-state index >= 15 is 0 Å². The summed E-state index contributed by atoms with van der Waals surface area (Å²) in [5, 5.41) is 2.44. The van der Waals surface area contributed by atoms with E-state index in [0.717, 1.165) is 5.56 Å². The lowest BCUT2D eigenvalue weighted by Crippen LogP contribution is -2.09. The lowest BCUT2D eigenvalue weighted by atomic mass is 10.2. The van der Waals surface area contributed by atoms with Crippen LogP contribution >= 0.6 is 0 Å². The van der Waals surface area contributed by atoms with Crippen LogP contribution in [0.15, 0.2) is 48.5 Å². The molecule has 0 saturated heterocycles. The number of carbonyl (C=O) groups excluding carboxylic acids is 1. The van der Waals surface area contributed by atoms with Crippen LogP contribution < -0.4 is 5.32 Å². The number of aryl methyl sites for hydroxylation is 1. The number of amides is 1. The van der Waals surface area contributed by atoms with Crippen molar-refractivity contribution in [2.24, 2.45) is 0 Å². The molecule has 102 valence electrons. The highest BCUT2D eigenvalue weighted by molar-refractivity contribution is 6.01. The van der Waals surface area contributed by atoms with Crippen molar-refractivity contribution in [1.29, 1.82) is 0 Å². The second-order valence-corrected chi connectivity index (χ2v) is 4.36. The first kappa shape index (κ1) is 13.9. The van der Waals surface area contributed by atoms with Gasteiger partial charge in [-0.1, -0.05) is 18.2 Å². The number of hydrogen-bond donors (Lipinski definition) is 1. The van der Waals surface area contributed by atoms with Gasteiger partial charge in [-0.05, 0) is 48.4 Å². The molecule has 2 nitrogen and oxygen atoms in total. The molecule has 0 aromatic heterocycles. The molecule has 20 heavy (non-hydrogen) atoms. The number of rotatable bonds is 3. The number of halogens is 2. The van der Waals surface area contributed by atoms with Crippen molar-refractivity contribution >= 4 is 17.7 Å². The highest BCUT2D eigenvalue weighted by Crippen LogP contribution is 2.15. The maximum absolute atomic E-state index is 13.5. The molecule has 1 amide bonds. The third-order valence-corrected chi connectivity index (χ3v) is 2.68. The maximum Gasteiger partial charge on any atom is 0.248 e. The smallest absolute Gasteiger partial charge is 0.248 e. The lowest BCUT2D eigenvalue weighted by molar-refractivity contribution is -0.111. The van der Waals surface area contributed by atoms with E-state index in [2.05, 4.69) is 5.32 Å². The normalized spacial score (nSPS) is 10.8. The van der Waals surface area contributed by atoms with Gasteiger partial charge in [-0.25, -0.2) is 8.78 Å². The summed E-state index contributed by atoms with van der Waals surface area (Å²) < 4.78 is 26.2. The van der Waals surface area contributed by atoms with Crippen LogP contribution in [0.25, 0.3) is 6.08 Å². The Balaban J connectivity index is 2.03. The molecule has 0 heterocycles. The SMILES string of the molecule is Cc1ccc(NC(=O)/C=C/c2ccc(F)cc2)c(F)c1. The molecule has 2 aromatic carbocycles. The van der Waals surface area contributed by atoms with Gasteiger partial charge in [-0.2, -0.15) is 0 Å². The second kappa shape index (κ2) is 6.10. The van der Waals surface area contributed by atoms with Gasteiger partial charge in [0.05, 0.1) is 5.69 Å². The molecular weight excluding hydrogens is 260 g/mol. The van der Waals surface area contributed by atoms with E-state index < -0.39 is 11.7 Å². The minimum absolute atomic E-state index is 0.129. The minimum Gasteiger partial charge on any atom is -0.320 e. The number of benzene rings is 2. The van der Waals surface area contributed by atoms with Crippen LogP contribution in [0.5, 0.6) is 0 Å². The molecule has 0 saturated carbocycles. The first-order valence-corrected chi connectivity index (χ1v) is 6.05. The Hall–Kier alpha value is -2.49. The van der Waals surface area contributed by atoms with Gasteiger partial charge in [0.2, 0.25) is 5.91 Å². The number of hydrogen-bond acceptors (Lipinski definition) is 1. The van der Waals surface area contributed by atoms with Gasteiger partial charge in [0.15, 0.2) is 0 Å². The molecule has 0 bridgehead atoms. The fraction of sp³-hybridized carbons (Fsp3) is 0.0625. The molecule has 0 radical (unpaired) electrons. The van der Waals surface area contributed by atoms with Crippen molar-refractivity contribution in [3.63, 3.8) is 0 Å². The Kier molecular flexibility index (Phi) is 4.25. The predicted molar refractivity (Wildman–Crippen MR) is 75.2 cm³/mol. The minimum atomic E-state index is -0.478. The molecule has 2 rings (SSSR count). The summed E-state index contributed by atoms with van der Waals surface area (Å²) in [6.45, 7) is 1.77. The Labute approximate surface area is 115 Å². The van der Waals surface area contributed by atoms with Gasteiger partial charge >= 0.3 is 0 Å². The van der Waals surface area contributed by atoms with Crippen LogP contribution in [0.3, 0.4) is 0 Å². The molecule has 0 aliphatic carbocycles. The van der Waals surface area contributed by atoms with Crippen LogP contribution in [-0.4, -0.2) is 5.91 Å². The van der Waals surface area contributed by atoms with Crippen LogP contribution in [0.2, 0.25) is 0 Å². The van der Waals surface area contributed by atoms with Crippen molar-refractivity contribution in [3.8, 4) is 0 Å². The summed E-state index contributed by atoms with van der Waals surface area (Å²) in [7, 11) is 0. The number of anilines is 1. The largest absolute Gasteiger partial charge is 0.320 e. The summed E-state index contributed by atoms with van der Waals surface area (Å²) in [5.41, 5.74) is 1.60. The third kappa shape index (κ3) is 3.75. The van der Waals surface area contributed by atoms with Gasteiger partial charge in [-0.15, -0.1) is 0 Å². The Morgan fingerprint density at radius 3 is 2.45 bits per heavy atom. The topological polar surface area (TPSA) is 29.1 Å². The summed E-state index contributed by atoms with van der Waals surface area (Å²) in [6, 6.07) is 10.3. The summed E-state index contributed by atoms with van der Waals surface area (Å²) in [6.07, 6.45) is 2.80. The van der Waals surface area contributed by atoms with E-state index in [1.54, 1.807) is 25.1 Å². The fourth-order valence-electron chi connectivity index (χ4n) is 1.64. The van der Waals surface area contributed by atoms with Crippen LogP contribution in [-0.2, 0) is 4.79 Å². The van der Waals surface area contributed by atoms with Crippen LogP contribution in [0, 0.1) is 18.6 Å². The molecular formula is C16H13F2NO. The molecule has 0 atom stereocenters. The maximum atomic E-state index is 13.5. The molecule has 0 fully saturated rings. The first-order valence-electron chi connectivity index (χ1n) is 6.05. The zero-order valence-corrected chi connectivity index (χ0v) is 10.9. The molecule has 0 unspecified atom stereocenters. The van der Waals surface area contributed by atoms with Crippen LogP contribution in [0.1, 0.15) is 11.1 Å². The average Bonchev–Trinajstić information content (AvgIpc) is 2.41. The van der Waals surface area contributed by atoms with E-state index in [4.69, 9.17) is 0 Å². The highest BCUT2D eigenvalue weighted by atomic mass is 19.1. The Morgan fingerprint density at radius 2 is 1.80 bits per heavy atom. The summed E-state index contributed by atoms with van der Waals surface area (Å²) in [4.78, 5) is 11.7. The molecule has 2 aromatic rings. The molecule has 0 aliphatic heterocycles. The zero-order chi connectivity index (χ0) is 14.5. The lowest BCUT2D eigenvalue weighted by Gasteiger charge is -2.04. The third-order valence-electron chi connectivity index (χ3n) is 2.68. The first-order chi connectivity index (χ1) is 9.54. The van der Waals surface area contributed by atoms with Crippen LogP contribution in [0.4, 0.5) is 14.5 Å². The average molecular weight is 273 g/mol. The molecule has 0 spiro atoms. The van der Waals surface area contributed by atoms with E-state index in [-0.39, 0.29) is 11.5 Å². The van der Waals surface area contributed by atoms with Crippen molar-refractivity contribution in [2.75, 3.05) is 5.32 Å². The van der Waals surface area contributed by atoms with Gasteiger partial charge in [0, 0.05) is 6.08 Å². The van der Waals surface area contributed by atoms with E-state index in [9.17, 15) is 13.6 Å². The Morgan fingerprint density at radius 1 is 1.10 bits per heavy atom. The number of nitrogens with one attached hydrogen (secondary N) is 1. The van der Waals surface area contributed by atoms with Gasteiger partial charge in [0.25, 0.3) is 0 Å². The highest BCUT2D eigenvalue weighted by Gasteiger charge is 2.04. The summed E-state index contributed by atoms with van der Waals surface area (Å²) in [5.74, 6) is -1.26. The monoisotopic (exact) mass is 273 g/mol. The van der Waals surface area contributed by atoms with Gasteiger partial charge < -0.3 is 5.32 Å². The fourth-order valence-corrected chi connectivity index (χ4v) is 1.64. The zero-order valence-electron chi connectivity index (χ0n) is 10.9. The van der Waals surface area contributed by atoms with Gasteiger partial charge in [0.1, 0.15) is 11.6 Å². The molecule has 0 aliphatic rings. The Bertz CT molecular complexity index is 648. The van der Waals surface area contributed by atoms with Crippen molar-refractivity contribution < 1.29 is 13.6 Å². The van der Waals surface area contributed by atoms with Crippen molar-refractivity contribution in [2.45, 2.75) is 6.92 Å². The number of carbonyl (C=O) groups is 1. The van der Waals surface area contributed by atoms with Gasteiger partial charge in [-0.3, -0.25) is 4.79 Å². The summed E-state index contributed by atoms with van der Waals surface area (Å²) >= 11 is 0. The van der Waals surface area contributed by atoms with Crippen molar-refractivity contribution in [1.82, 2.24) is 0 Å².